The van der Waals surface area contributed by atoms with E-state index in [9.17, 15) is 20.3 Å². The maximum Gasteiger partial charge on any atom is 0.307 e. The van der Waals surface area contributed by atoms with Crippen LogP contribution in [0.3, 0.4) is 0 Å². The molecule has 0 spiro atoms. The molecule has 8 rings (SSSR count). The first-order valence-electron chi connectivity index (χ1n) is 17.6. The molecule has 5 heterocycles. The Balaban J connectivity index is 1.07. The summed E-state index contributed by atoms with van der Waals surface area (Å²) in [4.78, 5) is 30.1. The number of rotatable bonds is 9. The summed E-state index contributed by atoms with van der Waals surface area (Å²) in [5, 5.41) is 33.9. The largest absolute Gasteiger partial charge is 0.481 e. The number of aliphatic hydroxyl groups is 1. The van der Waals surface area contributed by atoms with E-state index in [1.165, 1.54) is 0 Å². The van der Waals surface area contributed by atoms with Gasteiger partial charge < -0.3 is 19.9 Å². The lowest BCUT2D eigenvalue weighted by atomic mass is 9.93. The Labute approximate surface area is 301 Å². The van der Waals surface area contributed by atoms with Crippen molar-refractivity contribution in [3.05, 3.63) is 101 Å². The van der Waals surface area contributed by atoms with Crippen LogP contribution in [0.25, 0.3) is 44.6 Å². The van der Waals surface area contributed by atoms with Gasteiger partial charge in [0, 0.05) is 61.8 Å². The Morgan fingerprint density at radius 3 is 2.46 bits per heavy atom. The molecular weight excluding hydrogens is 654 g/mol. The third kappa shape index (κ3) is 6.48. The van der Waals surface area contributed by atoms with Gasteiger partial charge in [-0.15, -0.1) is 0 Å². The number of aromatic nitrogens is 3. The van der Waals surface area contributed by atoms with E-state index in [1.54, 1.807) is 6.20 Å². The van der Waals surface area contributed by atoms with E-state index in [0.29, 0.717) is 61.0 Å². The van der Waals surface area contributed by atoms with Crippen molar-refractivity contribution in [2.24, 2.45) is 5.92 Å². The molecule has 2 aliphatic heterocycles. The normalized spacial score (nSPS) is 18.0. The molecule has 3 aromatic carbocycles. The first kappa shape index (κ1) is 33.5. The van der Waals surface area contributed by atoms with Crippen molar-refractivity contribution in [1.82, 2.24) is 24.8 Å². The van der Waals surface area contributed by atoms with Crippen molar-refractivity contribution in [3.8, 4) is 28.7 Å². The van der Waals surface area contributed by atoms with Gasteiger partial charge in [-0.2, -0.15) is 5.26 Å². The Hall–Kier alpha value is -5.67. The molecule has 2 saturated heterocycles. The second kappa shape index (κ2) is 13.8. The van der Waals surface area contributed by atoms with Gasteiger partial charge in [0.25, 0.3) is 0 Å². The molecular formula is C41H39N7O4. The van der Waals surface area contributed by atoms with E-state index in [0.717, 1.165) is 75.0 Å². The van der Waals surface area contributed by atoms with Crippen molar-refractivity contribution in [2.75, 3.05) is 31.5 Å². The van der Waals surface area contributed by atoms with Crippen LogP contribution in [0, 0.1) is 31.1 Å². The molecule has 3 aromatic heterocycles. The number of nitrogens with one attached hydrogen (secondary N) is 1. The van der Waals surface area contributed by atoms with Crippen LogP contribution in [0.4, 0.5) is 11.5 Å². The molecule has 3 N–H and O–H groups in total. The minimum absolute atomic E-state index is 0.254. The summed E-state index contributed by atoms with van der Waals surface area (Å²) in [7, 11) is 0. The third-order valence-electron chi connectivity index (χ3n) is 10.4. The highest BCUT2D eigenvalue weighted by Gasteiger charge is 2.28. The van der Waals surface area contributed by atoms with Crippen LogP contribution < -0.4 is 5.32 Å². The number of anilines is 2. The number of aliphatic hydroxyl groups excluding tert-OH is 1. The SMILES string of the molecule is Cc1c(Nc2nccc3cc(CN4CC[C@H](O)C4)cnc23)cccc1-c1cccc(-c2nc3cc(CN4CC[C@H](C(=O)O)C4)cc(C#N)c3o2)c1C. The fourth-order valence-electron chi connectivity index (χ4n) is 7.66. The van der Waals surface area contributed by atoms with E-state index in [1.807, 2.05) is 48.7 Å². The molecule has 0 radical (unpaired) electrons. The molecule has 262 valence electrons. The van der Waals surface area contributed by atoms with Crippen LogP contribution in [0.2, 0.25) is 0 Å². The number of hydrogen-bond acceptors (Lipinski definition) is 10. The molecule has 52 heavy (non-hydrogen) atoms. The van der Waals surface area contributed by atoms with E-state index < -0.39 is 5.97 Å². The van der Waals surface area contributed by atoms with Gasteiger partial charge in [-0.05, 0) is 103 Å². The summed E-state index contributed by atoms with van der Waals surface area (Å²) in [6.45, 7) is 8.21. The number of β-amino-alcohol motifs (C(OH)–C–C–N with tert-alkyl or cyclic N) is 1. The Kier molecular flexibility index (Phi) is 8.89. The van der Waals surface area contributed by atoms with Crippen molar-refractivity contribution >= 4 is 39.5 Å². The lowest BCUT2D eigenvalue weighted by Crippen LogP contribution is -2.22. The van der Waals surface area contributed by atoms with Crippen molar-refractivity contribution in [1.29, 1.82) is 5.26 Å². The highest BCUT2D eigenvalue weighted by Crippen LogP contribution is 2.38. The van der Waals surface area contributed by atoms with Crippen LogP contribution in [0.15, 0.2) is 77.5 Å². The predicted octanol–water partition coefficient (Wildman–Crippen LogP) is 6.81. The third-order valence-corrected chi connectivity index (χ3v) is 10.4. The number of pyridine rings is 2. The fraction of sp³-hybridized carbons (Fsp3) is 0.293. The zero-order valence-electron chi connectivity index (χ0n) is 29.1. The summed E-state index contributed by atoms with van der Waals surface area (Å²) < 4.78 is 6.28. The van der Waals surface area contributed by atoms with Crippen molar-refractivity contribution < 1.29 is 19.4 Å². The fourth-order valence-corrected chi connectivity index (χ4v) is 7.66. The molecule has 0 bridgehead atoms. The average Bonchev–Trinajstić information content (AvgIpc) is 3.89. The number of benzene rings is 3. The van der Waals surface area contributed by atoms with Crippen LogP contribution in [0.1, 0.15) is 40.7 Å². The van der Waals surface area contributed by atoms with E-state index in [4.69, 9.17) is 14.4 Å². The first-order valence-corrected chi connectivity index (χ1v) is 17.6. The molecule has 0 unspecified atom stereocenters. The van der Waals surface area contributed by atoms with Gasteiger partial charge in [-0.3, -0.25) is 19.6 Å². The maximum atomic E-state index is 11.5. The number of nitrogens with zero attached hydrogens (tertiary/aromatic N) is 6. The quantitative estimate of drug-likeness (QED) is 0.146. The van der Waals surface area contributed by atoms with Gasteiger partial charge >= 0.3 is 5.97 Å². The zero-order chi connectivity index (χ0) is 35.9. The van der Waals surface area contributed by atoms with Gasteiger partial charge in [0.05, 0.1) is 17.6 Å². The summed E-state index contributed by atoms with van der Waals surface area (Å²) in [6.07, 6.45) is 4.87. The predicted molar refractivity (Wildman–Crippen MR) is 199 cm³/mol. The Bertz CT molecular complexity index is 2380. The first-order chi connectivity index (χ1) is 25.2. The number of likely N-dealkylation sites (tertiary alicyclic amines) is 2. The van der Waals surface area contributed by atoms with Crippen LogP contribution in [-0.2, 0) is 17.9 Å². The Morgan fingerprint density at radius 1 is 0.942 bits per heavy atom. The lowest BCUT2D eigenvalue weighted by Gasteiger charge is -2.17. The number of aliphatic carboxylic acids is 1. The molecule has 0 aliphatic carbocycles. The van der Waals surface area contributed by atoms with Crippen LogP contribution in [-0.4, -0.2) is 73.2 Å². The monoisotopic (exact) mass is 693 g/mol. The number of hydrogen-bond donors (Lipinski definition) is 3. The molecule has 2 aliphatic rings. The molecule has 2 atom stereocenters. The number of nitriles is 1. The van der Waals surface area contributed by atoms with Crippen LogP contribution >= 0.6 is 0 Å². The molecule has 0 amide bonds. The summed E-state index contributed by atoms with van der Waals surface area (Å²) >= 11 is 0. The van der Waals surface area contributed by atoms with Gasteiger partial charge in [0.1, 0.15) is 17.1 Å². The molecule has 6 aromatic rings. The summed E-state index contributed by atoms with van der Waals surface area (Å²) in [5.74, 6) is -0.0155. The lowest BCUT2D eigenvalue weighted by molar-refractivity contribution is -0.141. The van der Waals surface area contributed by atoms with Gasteiger partial charge in [-0.1, -0.05) is 24.3 Å². The average molecular weight is 694 g/mol. The number of carboxylic acids is 1. The highest BCUT2D eigenvalue weighted by atomic mass is 16.4. The number of oxazole rings is 1. The number of fused-ring (bicyclic) bond motifs is 2. The van der Waals surface area contributed by atoms with Crippen molar-refractivity contribution in [3.63, 3.8) is 0 Å². The molecule has 11 nitrogen and oxygen atoms in total. The van der Waals surface area contributed by atoms with Crippen molar-refractivity contribution in [2.45, 2.75) is 45.9 Å². The molecule has 11 heteroatoms. The standard InChI is InChI=1S/C41H39N7O4/c1-24-32(5-3-7-34(24)40-46-36-17-26(15-30(18-42)38(36)52-40)20-47-13-10-29(22-47)41(50)51)33-6-4-8-35(25(33)2)45-39-37-28(9-12-43-39)16-27(19-44-37)21-48-14-11-31(49)23-48/h3-9,12,15-17,19,29,31,49H,10-11,13-14,20-23H2,1-2H3,(H,43,45)(H,50,51)/t29-,31-/m0/s1. The van der Waals surface area contributed by atoms with Crippen LogP contribution in [0.5, 0.6) is 0 Å². The molecule has 2 fully saturated rings. The highest BCUT2D eigenvalue weighted by molar-refractivity contribution is 5.91. The number of carboxylic acid groups (broad SMARTS) is 1. The van der Waals surface area contributed by atoms with Gasteiger partial charge in [0.2, 0.25) is 5.89 Å². The second-order valence-electron chi connectivity index (χ2n) is 14.0. The Morgan fingerprint density at radius 2 is 1.69 bits per heavy atom. The van der Waals surface area contributed by atoms with Gasteiger partial charge in [0.15, 0.2) is 11.4 Å². The minimum atomic E-state index is -0.767. The van der Waals surface area contributed by atoms with E-state index >= 15 is 0 Å². The minimum Gasteiger partial charge on any atom is -0.481 e. The molecule has 0 saturated carbocycles. The second-order valence-corrected chi connectivity index (χ2v) is 14.0. The topological polar surface area (TPSA) is 152 Å². The van der Waals surface area contributed by atoms with E-state index in [2.05, 4.69) is 58.2 Å². The zero-order valence-corrected chi connectivity index (χ0v) is 29.1. The summed E-state index contributed by atoms with van der Waals surface area (Å²) in [6, 6.07) is 22.4. The van der Waals surface area contributed by atoms with Gasteiger partial charge in [-0.25, -0.2) is 9.97 Å². The smallest absolute Gasteiger partial charge is 0.307 e. The summed E-state index contributed by atoms with van der Waals surface area (Å²) in [5.41, 5.74) is 10.1. The van der Waals surface area contributed by atoms with E-state index in [-0.39, 0.29) is 12.0 Å². The maximum absolute atomic E-state index is 11.5. The number of carbonyl (C=O) groups is 1.